The van der Waals surface area contributed by atoms with Crippen molar-refractivity contribution in [1.82, 2.24) is 0 Å². The van der Waals surface area contributed by atoms with Crippen molar-refractivity contribution < 1.29 is 14.6 Å². The van der Waals surface area contributed by atoms with Crippen LogP contribution in [0.4, 0.5) is 0 Å². The Labute approximate surface area is 105 Å². The van der Waals surface area contributed by atoms with Gasteiger partial charge in [-0.15, -0.1) is 0 Å². The summed E-state index contributed by atoms with van der Waals surface area (Å²) in [6.07, 6.45) is 0.751. The Morgan fingerprint density at radius 3 is 2.36 bits per heavy atom. The molecule has 14 heavy (non-hydrogen) atoms. The van der Waals surface area contributed by atoms with Crippen molar-refractivity contribution in [1.29, 1.82) is 0 Å². The molecule has 3 nitrogen and oxygen atoms in total. The van der Waals surface area contributed by atoms with Crippen LogP contribution in [0.15, 0.2) is 36.6 Å². The number of esters is 1. The fourth-order valence-electron chi connectivity index (χ4n) is 0.973. The van der Waals surface area contributed by atoms with Crippen LogP contribution in [0.1, 0.15) is 5.56 Å². The van der Waals surface area contributed by atoms with Gasteiger partial charge < -0.3 is 9.84 Å². The molecule has 0 amide bonds. The van der Waals surface area contributed by atoms with Gasteiger partial charge in [-0.05, 0) is 5.56 Å². The number of methoxy groups -OCH3 is 1. The van der Waals surface area contributed by atoms with Gasteiger partial charge in [-0.2, -0.15) is 0 Å². The van der Waals surface area contributed by atoms with Crippen molar-refractivity contribution in [2.24, 2.45) is 0 Å². The third-order valence-corrected chi connectivity index (χ3v) is 1.62. The molecule has 0 saturated carbocycles. The Hall–Kier alpha value is -0.770. The van der Waals surface area contributed by atoms with E-state index in [-0.39, 0.29) is 35.1 Å². The largest absolute Gasteiger partial charge is 0.515 e. The molecule has 1 aromatic carbocycles. The summed E-state index contributed by atoms with van der Waals surface area (Å²) < 4.78 is 4.49. The van der Waals surface area contributed by atoms with E-state index in [1.54, 1.807) is 24.3 Å². The number of hydrogen-bond donors (Lipinski definition) is 1. The number of aliphatic hydroxyl groups is 1. The normalized spacial score (nSPS) is 10.2. The number of rotatable bonds is 2. The van der Waals surface area contributed by atoms with Crippen molar-refractivity contribution in [3.8, 4) is 0 Å². The van der Waals surface area contributed by atoms with E-state index in [0.29, 0.717) is 5.56 Å². The number of ether oxygens (including phenoxy) is 1. The second-order valence-corrected chi connectivity index (χ2v) is 2.40. The van der Waals surface area contributed by atoms with E-state index in [1.807, 2.05) is 6.07 Å². The van der Waals surface area contributed by atoms with Gasteiger partial charge in [0.05, 0.1) is 13.4 Å². The molecule has 0 heterocycles. The van der Waals surface area contributed by atoms with Crippen LogP contribution in [0.3, 0.4) is 0 Å². The smallest absolute Gasteiger partial charge is 0.341 e. The van der Waals surface area contributed by atoms with Gasteiger partial charge in [0.1, 0.15) is 5.57 Å². The topological polar surface area (TPSA) is 46.5 Å². The first kappa shape index (κ1) is 13.2. The molecule has 0 aromatic heterocycles. The minimum Gasteiger partial charge on any atom is -0.515 e. The summed E-state index contributed by atoms with van der Waals surface area (Å²) in [5, 5.41) is 8.82. The average Bonchev–Trinajstić information content (AvgIpc) is 2.20. The van der Waals surface area contributed by atoms with E-state index in [9.17, 15) is 4.79 Å². The first-order valence-electron chi connectivity index (χ1n) is 3.77. The van der Waals surface area contributed by atoms with Gasteiger partial charge >= 0.3 is 5.97 Å². The zero-order valence-electron chi connectivity index (χ0n) is 8.23. The molecule has 1 rings (SSSR count). The second kappa shape index (κ2) is 6.65. The maximum absolute atomic E-state index is 11.1. The summed E-state index contributed by atoms with van der Waals surface area (Å²) in [5.74, 6) is -0.547. The van der Waals surface area contributed by atoms with E-state index in [0.717, 1.165) is 6.26 Å². The van der Waals surface area contributed by atoms with Crippen LogP contribution >= 0.6 is 0 Å². The Morgan fingerprint density at radius 2 is 1.93 bits per heavy atom. The fraction of sp³-hybridized carbons (Fsp3) is 0.100. The summed E-state index contributed by atoms with van der Waals surface area (Å²) in [4.78, 5) is 11.1. The predicted molar refractivity (Wildman–Crippen MR) is 54.8 cm³/mol. The number of aliphatic hydroxyl groups excluding tert-OH is 1. The molecule has 0 spiro atoms. The molecule has 69 valence electrons. The summed E-state index contributed by atoms with van der Waals surface area (Å²) in [7, 11) is 1.27. The maximum atomic E-state index is 11.1. The van der Waals surface area contributed by atoms with Crippen molar-refractivity contribution in [3.63, 3.8) is 0 Å². The minimum atomic E-state index is -0.547. The number of hydrogen-bond acceptors (Lipinski definition) is 3. The molecule has 1 radical (unpaired) electrons. The number of carbonyl (C=O) groups is 1. The minimum absolute atomic E-state index is 0. The third-order valence-electron chi connectivity index (χ3n) is 1.62. The van der Waals surface area contributed by atoms with Crippen LogP contribution in [0.25, 0.3) is 5.57 Å². The van der Waals surface area contributed by atoms with Crippen LogP contribution in [-0.4, -0.2) is 47.7 Å². The molecular weight excluding hydrogens is 191 g/mol. The molecule has 1 aromatic rings. The van der Waals surface area contributed by atoms with Crippen LogP contribution in [0.2, 0.25) is 0 Å². The molecule has 0 aliphatic carbocycles. The van der Waals surface area contributed by atoms with Crippen molar-refractivity contribution in [2.45, 2.75) is 0 Å². The third kappa shape index (κ3) is 3.18. The Morgan fingerprint density at radius 1 is 1.36 bits per heavy atom. The standard InChI is InChI=1S/C10H10O3.Na/c1-13-10(12)9(7-11)8-5-3-2-4-6-8;/h2-7,11H,1H3;. The average molecular weight is 201 g/mol. The molecule has 0 unspecified atom stereocenters. The van der Waals surface area contributed by atoms with Crippen molar-refractivity contribution in [2.75, 3.05) is 7.11 Å². The Balaban J connectivity index is 0.00000169. The molecule has 1 N–H and O–H groups in total. The monoisotopic (exact) mass is 201 g/mol. The zero-order valence-corrected chi connectivity index (χ0v) is 10.2. The molecular formula is C10H10NaO3. The van der Waals surface area contributed by atoms with Gasteiger partial charge in [0, 0.05) is 29.6 Å². The summed E-state index contributed by atoms with van der Waals surface area (Å²) in [6.45, 7) is 0. The molecule has 4 heteroatoms. The second-order valence-electron chi connectivity index (χ2n) is 2.40. The Kier molecular flexibility index (Phi) is 6.28. The first-order valence-corrected chi connectivity index (χ1v) is 3.77. The van der Waals surface area contributed by atoms with E-state index in [1.165, 1.54) is 7.11 Å². The fourth-order valence-corrected chi connectivity index (χ4v) is 0.973. The van der Waals surface area contributed by atoms with Crippen LogP contribution in [0, 0.1) is 0 Å². The van der Waals surface area contributed by atoms with Crippen LogP contribution < -0.4 is 0 Å². The van der Waals surface area contributed by atoms with Gasteiger partial charge in [0.15, 0.2) is 0 Å². The number of carbonyl (C=O) groups excluding carboxylic acids is 1. The van der Waals surface area contributed by atoms with Crippen molar-refractivity contribution >= 4 is 41.1 Å². The van der Waals surface area contributed by atoms with E-state index in [4.69, 9.17) is 5.11 Å². The van der Waals surface area contributed by atoms with Crippen molar-refractivity contribution in [3.05, 3.63) is 42.2 Å². The summed E-state index contributed by atoms with van der Waals surface area (Å²) >= 11 is 0. The predicted octanol–water partition coefficient (Wildman–Crippen LogP) is 1.38. The molecule has 0 atom stereocenters. The summed E-state index contributed by atoms with van der Waals surface area (Å²) in [6, 6.07) is 8.83. The molecule has 0 saturated heterocycles. The van der Waals surface area contributed by atoms with Gasteiger partial charge in [-0.1, -0.05) is 30.3 Å². The summed E-state index contributed by atoms with van der Waals surface area (Å²) in [5.41, 5.74) is 0.792. The van der Waals surface area contributed by atoms with E-state index < -0.39 is 5.97 Å². The first-order chi connectivity index (χ1) is 6.29. The van der Waals surface area contributed by atoms with Gasteiger partial charge in [0.25, 0.3) is 0 Å². The van der Waals surface area contributed by atoms with E-state index in [2.05, 4.69) is 4.74 Å². The molecule has 0 bridgehead atoms. The van der Waals surface area contributed by atoms with Crippen LogP contribution in [-0.2, 0) is 9.53 Å². The molecule has 0 fully saturated rings. The SMILES string of the molecule is COC(=O)C(=CO)c1ccccc1.[Na]. The van der Waals surface area contributed by atoms with Gasteiger partial charge in [-0.3, -0.25) is 0 Å². The molecule has 0 aliphatic heterocycles. The molecule has 0 aliphatic rings. The van der Waals surface area contributed by atoms with E-state index >= 15 is 0 Å². The van der Waals surface area contributed by atoms with Gasteiger partial charge in [-0.25, -0.2) is 4.79 Å². The maximum Gasteiger partial charge on any atom is 0.341 e. The zero-order chi connectivity index (χ0) is 9.68. The van der Waals surface area contributed by atoms with Crippen LogP contribution in [0.5, 0.6) is 0 Å². The Bertz CT molecular complexity index is 319. The van der Waals surface area contributed by atoms with Gasteiger partial charge in [0.2, 0.25) is 0 Å². The number of benzene rings is 1. The quantitative estimate of drug-likeness (QED) is 0.340.